The van der Waals surface area contributed by atoms with Gasteiger partial charge in [-0.3, -0.25) is 4.99 Å². The summed E-state index contributed by atoms with van der Waals surface area (Å²) in [5.41, 5.74) is 2.55. The van der Waals surface area contributed by atoms with Crippen LogP contribution in [0, 0.1) is 0 Å². The molecular formula is C22H30N4O2. The molecule has 1 atom stereocenters. The molecule has 6 heteroatoms. The molecule has 1 aliphatic rings. The summed E-state index contributed by atoms with van der Waals surface area (Å²) in [4.78, 5) is 6.60. The molecule has 6 nitrogen and oxygen atoms in total. The van der Waals surface area contributed by atoms with Crippen molar-refractivity contribution in [2.24, 2.45) is 4.99 Å². The van der Waals surface area contributed by atoms with E-state index in [2.05, 4.69) is 71.0 Å². The van der Waals surface area contributed by atoms with Crippen molar-refractivity contribution >= 4 is 5.96 Å². The van der Waals surface area contributed by atoms with Crippen molar-refractivity contribution < 1.29 is 9.47 Å². The van der Waals surface area contributed by atoms with Crippen LogP contribution in [0.1, 0.15) is 11.1 Å². The van der Waals surface area contributed by atoms with Crippen LogP contribution in [-0.4, -0.2) is 57.9 Å². The van der Waals surface area contributed by atoms with Gasteiger partial charge in [0.25, 0.3) is 0 Å². The fourth-order valence-corrected chi connectivity index (χ4v) is 3.18. The first kappa shape index (κ1) is 20.0. The van der Waals surface area contributed by atoms with E-state index in [1.54, 1.807) is 7.05 Å². The summed E-state index contributed by atoms with van der Waals surface area (Å²) in [6.07, 6.45) is 1.88. The van der Waals surface area contributed by atoms with Crippen molar-refractivity contribution in [3.05, 3.63) is 59.7 Å². The summed E-state index contributed by atoms with van der Waals surface area (Å²) in [5, 5.41) is 6.84. The highest BCUT2D eigenvalue weighted by molar-refractivity contribution is 5.79. The topological polar surface area (TPSA) is 58.1 Å². The Balaban J connectivity index is 1.45. The number of likely N-dealkylation sites (N-methyl/N-ethyl adjacent to an activating group) is 1. The third-order valence-electron chi connectivity index (χ3n) is 4.92. The predicted molar refractivity (Wildman–Crippen MR) is 113 cm³/mol. The van der Waals surface area contributed by atoms with Gasteiger partial charge >= 0.3 is 0 Å². The highest BCUT2D eigenvalue weighted by atomic mass is 16.7. The minimum Gasteiger partial charge on any atom is -0.454 e. The first-order chi connectivity index (χ1) is 13.7. The van der Waals surface area contributed by atoms with Crippen LogP contribution < -0.4 is 20.1 Å². The zero-order valence-electron chi connectivity index (χ0n) is 16.9. The summed E-state index contributed by atoms with van der Waals surface area (Å²) in [6.45, 7) is 1.93. The van der Waals surface area contributed by atoms with E-state index in [9.17, 15) is 0 Å². The van der Waals surface area contributed by atoms with Crippen molar-refractivity contribution in [2.45, 2.75) is 18.9 Å². The van der Waals surface area contributed by atoms with Crippen LogP contribution in [0.25, 0.3) is 0 Å². The molecule has 0 bridgehead atoms. The highest BCUT2D eigenvalue weighted by Crippen LogP contribution is 2.32. The molecule has 1 unspecified atom stereocenters. The lowest BCUT2D eigenvalue weighted by atomic mass is 10.1. The van der Waals surface area contributed by atoms with Gasteiger partial charge in [0.05, 0.1) is 0 Å². The minimum absolute atomic E-state index is 0.309. The van der Waals surface area contributed by atoms with Crippen LogP contribution >= 0.6 is 0 Å². The molecule has 2 aromatic carbocycles. The molecule has 28 heavy (non-hydrogen) atoms. The third kappa shape index (κ3) is 5.63. The van der Waals surface area contributed by atoms with Crippen molar-refractivity contribution in [1.29, 1.82) is 0 Å². The molecule has 0 spiro atoms. The summed E-state index contributed by atoms with van der Waals surface area (Å²) in [7, 11) is 6.04. The summed E-state index contributed by atoms with van der Waals surface area (Å²) in [5.74, 6) is 2.47. The lowest BCUT2D eigenvalue weighted by Crippen LogP contribution is -2.46. The summed E-state index contributed by atoms with van der Waals surface area (Å²) < 4.78 is 10.8. The molecular weight excluding hydrogens is 352 g/mol. The van der Waals surface area contributed by atoms with Crippen molar-refractivity contribution in [3.63, 3.8) is 0 Å². The van der Waals surface area contributed by atoms with Crippen LogP contribution in [0.2, 0.25) is 0 Å². The third-order valence-corrected chi connectivity index (χ3v) is 4.92. The van der Waals surface area contributed by atoms with E-state index in [0.717, 1.165) is 43.4 Å². The van der Waals surface area contributed by atoms with E-state index in [1.807, 2.05) is 12.1 Å². The molecule has 0 fully saturated rings. The molecule has 0 radical (unpaired) electrons. The second-order valence-corrected chi connectivity index (χ2v) is 7.12. The lowest BCUT2D eigenvalue weighted by Gasteiger charge is -2.25. The number of aliphatic imine (C=N–C) groups is 1. The van der Waals surface area contributed by atoms with Crippen LogP contribution in [0.5, 0.6) is 11.5 Å². The Morgan fingerprint density at radius 3 is 2.57 bits per heavy atom. The number of nitrogens with zero attached hydrogens (tertiary/aromatic N) is 2. The first-order valence-corrected chi connectivity index (χ1v) is 9.69. The fourth-order valence-electron chi connectivity index (χ4n) is 3.18. The molecule has 1 heterocycles. The molecule has 0 saturated carbocycles. The van der Waals surface area contributed by atoms with E-state index < -0.39 is 0 Å². The van der Waals surface area contributed by atoms with E-state index >= 15 is 0 Å². The largest absolute Gasteiger partial charge is 0.454 e. The number of hydrogen-bond donors (Lipinski definition) is 2. The molecule has 150 valence electrons. The molecule has 0 saturated heterocycles. The molecule has 0 aromatic heterocycles. The predicted octanol–water partition coefficient (Wildman–Crippen LogP) is 2.30. The van der Waals surface area contributed by atoms with Gasteiger partial charge in [-0.2, -0.15) is 0 Å². The molecule has 2 N–H and O–H groups in total. The maximum atomic E-state index is 5.44. The fraction of sp³-hybridized carbons (Fsp3) is 0.409. The van der Waals surface area contributed by atoms with Gasteiger partial charge in [-0.15, -0.1) is 0 Å². The van der Waals surface area contributed by atoms with E-state index in [1.165, 1.54) is 11.1 Å². The number of hydrogen-bond acceptors (Lipinski definition) is 4. The van der Waals surface area contributed by atoms with Crippen molar-refractivity contribution in [3.8, 4) is 11.5 Å². The first-order valence-electron chi connectivity index (χ1n) is 9.69. The van der Waals surface area contributed by atoms with Gasteiger partial charge in [-0.1, -0.05) is 36.4 Å². The van der Waals surface area contributed by atoms with Crippen LogP contribution in [0.3, 0.4) is 0 Å². The van der Waals surface area contributed by atoms with Crippen LogP contribution in [-0.2, 0) is 12.8 Å². The average Bonchev–Trinajstić information content (AvgIpc) is 3.18. The number of guanidine groups is 1. The normalized spacial score (nSPS) is 14.2. The number of fused-ring (bicyclic) bond motifs is 1. The van der Waals surface area contributed by atoms with Crippen LogP contribution in [0.4, 0.5) is 0 Å². The minimum atomic E-state index is 0.309. The Morgan fingerprint density at radius 1 is 1.04 bits per heavy atom. The van der Waals surface area contributed by atoms with Gasteiger partial charge in [0.2, 0.25) is 6.79 Å². The second-order valence-electron chi connectivity index (χ2n) is 7.12. The number of ether oxygens (including phenoxy) is 2. The van der Waals surface area contributed by atoms with Crippen molar-refractivity contribution in [1.82, 2.24) is 15.5 Å². The van der Waals surface area contributed by atoms with Gasteiger partial charge in [0.1, 0.15) is 0 Å². The van der Waals surface area contributed by atoms with Gasteiger partial charge < -0.3 is 25.0 Å². The number of rotatable bonds is 8. The second kappa shape index (κ2) is 9.99. The van der Waals surface area contributed by atoms with Crippen molar-refractivity contribution in [2.75, 3.05) is 41.0 Å². The number of benzene rings is 2. The summed E-state index contributed by atoms with van der Waals surface area (Å²) in [6, 6.07) is 17.1. The zero-order chi connectivity index (χ0) is 19.8. The molecule has 2 aromatic rings. The maximum absolute atomic E-state index is 5.44. The van der Waals surface area contributed by atoms with E-state index in [4.69, 9.17) is 9.47 Å². The molecule has 0 amide bonds. The quantitative estimate of drug-likeness (QED) is 0.542. The van der Waals surface area contributed by atoms with E-state index in [0.29, 0.717) is 12.8 Å². The van der Waals surface area contributed by atoms with Gasteiger partial charge in [-0.05, 0) is 50.2 Å². The van der Waals surface area contributed by atoms with Crippen LogP contribution in [0.15, 0.2) is 53.5 Å². The lowest BCUT2D eigenvalue weighted by molar-refractivity contribution is 0.174. The Labute approximate surface area is 167 Å². The molecule has 1 aliphatic heterocycles. The van der Waals surface area contributed by atoms with Gasteiger partial charge in [0.15, 0.2) is 17.5 Å². The average molecular weight is 383 g/mol. The van der Waals surface area contributed by atoms with Gasteiger partial charge in [0, 0.05) is 26.2 Å². The zero-order valence-corrected chi connectivity index (χ0v) is 16.9. The Morgan fingerprint density at radius 2 is 1.82 bits per heavy atom. The molecule has 3 rings (SSSR count). The Kier molecular flexibility index (Phi) is 7.14. The molecule has 0 aliphatic carbocycles. The van der Waals surface area contributed by atoms with E-state index in [-0.39, 0.29) is 0 Å². The number of nitrogens with one attached hydrogen (secondary N) is 2. The SMILES string of the molecule is CN=C(NCCc1ccc2c(c1)OCO2)NCC(Cc1ccccc1)N(C)C. The van der Waals surface area contributed by atoms with Gasteiger partial charge in [-0.25, -0.2) is 0 Å². The monoisotopic (exact) mass is 382 g/mol. The summed E-state index contributed by atoms with van der Waals surface area (Å²) >= 11 is 0. The Bertz CT molecular complexity index is 777. The highest BCUT2D eigenvalue weighted by Gasteiger charge is 2.14. The maximum Gasteiger partial charge on any atom is 0.231 e. The smallest absolute Gasteiger partial charge is 0.231 e. The standard InChI is InChI=1S/C22H30N4O2/c1-23-22(24-12-11-18-9-10-20-21(14-18)28-16-27-20)25-15-19(26(2)3)13-17-7-5-4-6-8-17/h4-10,14,19H,11-13,15-16H2,1-3H3,(H2,23,24,25). The Hall–Kier alpha value is -2.73.